The third-order valence-electron chi connectivity index (χ3n) is 6.99. The third-order valence-corrected chi connectivity index (χ3v) is 6.99. The van der Waals surface area contributed by atoms with Crippen LogP contribution in [0.5, 0.6) is 11.5 Å². The maximum Gasteiger partial charge on any atom is 0.168 e. The number of alkyl halides is 2. The van der Waals surface area contributed by atoms with Crippen LogP contribution in [0.2, 0.25) is 0 Å². The first kappa shape index (κ1) is 25.2. The lowest BCUT2D eigenvalue weighted by Crippen LogP contribution is -2.35. The van der Waals surface area contributed by atoms with Crippen molar-refractivity contribution in [2.75, 3.05) is 19.8 Å². The maximum absolute atomic E-state index is 14.7. The molecule has 0 aliphatic heterocycles. The Bertz CT molecular complexity index is 670. The molecule has 2 saturated carbocycles. The lowest BCUT2D eigenvalue weighted by molar-refractivity contribution is -0.0251. The monoisotopic (exact) mass is 456 g/mol. The van der Waals surface area contributed by atoms with Crippen molar-refractivity contribution in [3.8, 4) is 11.5 Å². The summed E-state index contributed by atoms with van der Waals surface area (Å²) in [4.78, 5) is 0. The fourth-order valence-corrected chi connectivity index (χ4v) is 4.81. The fourth-order valence-electron chi connectivity index (χ4n) is 4.81. The van der Waals surface area contributed by atoms with Gasteiger partial charge in [0.1, 0.15) is 18.5 Å². The van der Waals surface area contributed by atoms with Gasteiger partial charge in [0.15, 0.2) is 17.7 Å². The molecule has 0 saturated heterocycles. The van der Waals surface area contributed by atoms with Gasteiger partial charge >= 0.3 is 0 Å². The molecular weight excluding hydrogens is 417 g/mol. The van der Waals surface area contributed by atoms with Crippen LogP contribution in [0, 0.1) is 23.6 Å². The summed E-state index contributed by atoms with van der Waals surface area (Å²) in [7, 11) is 0. The summed E-state index contributed by atoms with van der Waals surface area (Å²) < 4.78 is 59.9. The van der Waals surface area contributed by atoms with E-state index in [9.17, 15) is 13.2 Å². The SMILES string of the molecule is CCCOc1ccc(OCC(F)C(F)C2CCC(OCC3CCC(C)CC3)CC2)cc1F. The number of benzene rings is 1. The van der Waals surface area contributed by atoms with Gasteiger partial charge in [0.2, 0.25) is 0 Å². The standard InChI is InChI=1S/C26H39F3O3/c1-3-14-30-25-13-12-22(15-23(25)27)32-17-24(28)26(29)20-8-10-21(11-9-20)31-16-19-6-4-18(2)5-7-19/h12-13,15,18-21,24,26H,3-11,14,16-17H2,1-2H3. The van der Waals surface area contributed by atoms with E-state index in [0.29, 0.717) is 25.4 Å². The second-order valence-corrected chi connectivity index (χ2v) is 9.71. The lowest BCUT2D eigenvalue weighted by atomic mass is 9.82. The average molecular weight is 457 g/mol. The van der Waals surface area contributed by atoms with Gasteiger partial charge in [0.05, 0.1) is 12.7 Å². The van der Waals surface area contributed by atoms with E-state index in [1.54, 1.807) is 0 Å². The van der Waals surface area contributed by atoms with Crippen molar-refractivity contribution in [3.63, 3.8) is 0 Å². The van der Waals surface area contributed by atoms with Crippen LogP contribution in [0.15, 0.2) is 18.2 Å². The third kappa shape index (κ3) is 7.57. The van der Waals surface area contributed by atoms with Crippen molar-refractivity contribution in [1.29, 1.82) is 0 Å². The Labute approximate surface area is 191 Å². The number of hydrogen-bond donors (Lipinski definition) is 0. The number of rotatable bonds is 11. The molecule has 0 spiro atoms. The topological polar surface area (TPSA) is 27.7 Å². The molecule has 0 amide bonds. The van der Waals surface area contributed by atoms with Crippen molar-refractivity contribution in [1.82, 2.24) is 0 Å². The van der Waals surface area contributed by atoms with Gasteiger partial charge in [-0.1, -0.05) is 26.7 Å². The molecule has 0 bridgehead atoms. The molecule has 0 N–H and O–H groups in total. The minimum absolute atomic E-state index is 0.136. The first-order valence-corrected chi connectivity index (χ1v) is 12.4. The molecule has 2 atom stereocenters. The first-order valence-electron chi connectivity index (χ1n) is 12.4. The van der Waals surface area contributed by atoms with Crippen molar-refractivity contribution in [2.45, 2.75) is 90.1 Å². The summed E-state index contributed by atoms with van der Waals surface area (Å²) in [5, 5.41) is 0. The molecule has 2 fully saturated rings. The summed E-state index contributed by atoms with van der Waals surface area (Å²) in [6.07, 6.45) is 5.51. The molecule has 182 valence electrons. The predicted octanol–water partition coefficient (Wildman–Crippen LogP) is 7.07. The molecule has 2 aliphatic rings. The Balaban J connectivity index is 1.35. The molecule has 6 heteroatoms. The van der Waals surface area contributed by atoms with E-state index >= 15 is 0 Å². The van der Waals surface area contributed by atoms with E-state index in [-0.39, 0.29) is 23.5 Å². The number of hydrogen-bond acceptors (Lipinski definition) is 3. The Morgan fingerprint density at radius 2 is 1.69 bits per heavy atom. The van der Waals surface area contributed by atoms with E-state index in [2.05, 4.69) is 6.92 Å². The quantitative estimate of drug-likeness (QED) is 0.356. The summed E-state index contributed by atoms with van der Waals surface area (Å²) in [6, 6.07) is 4.12. The molecule has 1 aromatic rings. The van der Waals surface area contributed by atoms with Crippen LogP contribution in [0.3, 0.4) is 0 Å². The molecule has 2 aliphatic carbocycles. The first-order chi connectivity index (χ1) is 15.5. The molecule has 2 unspecified atom stereocenters. The van der Waals surface area contributed by atoms with E-state index in [1.165, 1.54) is 37.8 Å². The van der Waals surface area contributed by atoms with E-state index < -0.39 is 24.8 Å². The van der Waals surface area contributed by atoms with Crippen LogP contribution >= 0.6 is 0 Å². The zero-order valence-corrected chi connectivity index (χ0v) is 19.5. The molecule has 0 heterocycles. The second kappa shape index (κ2) is 12.7. The fraction of sp³-hybridized carbons (Fsp3) is 0.769. The smallest absolute Gasteiger partial charge is 0.168 e. The Morgan fingerprint density at radius 3 is 2.34 bits per heavy atom. The van der Waals surface area contributed by atoms with Gasteiger partial charge in [-0.15, -0.1) is 0 Å². The molecule has 3 nitrogen and oxygen atoms in total. The summed E-state index contributed by atoms with van der Waals surface area (Å²) >= 11 is 0. The molecular formula is C26H39F3O3. The van der Waals surface area contributed by atoms with Crippen molar-refractivity contribution < 1.29 is 27.4 Å². The van der Waals surface area contributed by atoms with Crippen molar-refractivity contribution in [3.05, 3.63) is 24.0 Å². The zero-order valence-electron chi connectivity index (χ0n) is 19.5. The highest BCUT2D eigenvalue weighted by Gasteiger charge is 2.34. The van der Waals surface area contributed by atoms with Crippen LogP contribution < -0.4 is 9.47 Å². The van der Waals surface area contributed by atoms with Crippen LogP contribution in [-0.4, -0.2) is 38.3 Å². The molecule has 3 rings (SSSR count). The van der Waals surface area contributed by atoms with Crippen LogP contribution in [0.4, 0.5) is 13.2 Å². The maximum atomic E-state index is 14.7. The average Bonchev–Trinajstić information content (AvgIpc) is 2.81. The van der Waals surface area contributed by atoms with E-state index in [1.807, 2.05) is 6.92 Å². The summed E-state index contributed by atoms with van der Waals surface area (Å²) in [5.74, 6) is 0.919. The lowest BCUT2D eigenvalue weighted by Gasteiger charge is -2.33. The normalized spacial score (nSPS) is 28.2. The van der Waals surface area contributed by atoms with Gasteiger partial charge in [0, 0.05) is 12.7 Å². The van der Waals surface area contributed by atoms with Crippen LogP contribution in [0.1, 0.15) is 71.6 Å². The predicted molar refractivity (Wildman–Crippen MR) is 120 cm³/mol. The highest BCUT2D eigenvalue weighted by atomic mass is 19.2. The molecule has 32 heavy (non-hydrogen) atoms. The van der Waals surface area contributed by atoms with Crippen molar-refractivity contribution >= 4 is 0 Å². The summed E-state index contributed by atoms with van der Waals surface area (Å²) in [5.41, 5.74) is 0. The van der Waals surface area contributed by atoms with E-state index in [4.69, 9.17) is 14.2 Å². The van der Waals surface area contributed by atoms with Crippen molar-refractivity contribution in [2.24, 2.45) is 17.8 Å². The van der Waals surface area contributed by atoms with Crippen LogP contribution in [-0.2, 0) is 4.74 Å². The Kier molecular flexibility index (Phi) is 10.0. The largest absolute Gasteiger partial charge is 0.491 e. The van der Waals surface area contributed by atoms with Gasteiger partial charge in [-0.3, -0.25) is 0 Å². The van der Waals surface area contributed by atoms with E-state index in [0.717, 1.165) is 37.9 Å². The van der Waals surface area contributed by atoms with Gasteiger partial charge < -0.3 is 14.2 Å². The van der Waals surface area contributed by atoms with Gasteiger partial charge in [-0.2, -0.15) is 0 Å². The Hall–Kier alpha value is -1.43. The molecule has 0 radical (unpaired) electrons. The molecule has 1 aromatic carbocycles. The van der Waals surface area contributed by atoms with Gasteiger partial charge in [0.25, 0.3) is 0 Å². The Morgan fingerprint density at radius 1 is 0.969 bits per heavy atom. The highest BCUT2D eigenvalue weighted by molar-refractivity contribution is 5.33. The number of halogens is 3. The van der Waals surface area contributed by atoms with Crippen LogP contribution in [0.25, 0.3) is 0 Å². The zero-order chi connectivity index (χ0) is 22.9. The molecule has 0 aromatic heterocycles. The minimum Gasteiger partial charge on any atom is -0.491 e. The highest BCUT2D eigenvalue weighted by Crippen LogP contribution is 2.34. The van der Waals surface area contributed by atoms with Gasteiger partial charge in [-0.25, -0.2) is 13.2 Å². The second-order valence-electron chi connectivity index (χ2n) is 9.71. The minimum atomic E-state index is -1.74. The van der Waals surface area contributed by atoms with Gasteiger partial charge in [-0.05, 0) is 74.8 Å². The summed E-state index contributed by atoms with van der Waals surface area (Å²) in [6.45, 7) is 5.04. The number of ether oxygens (including phenoxy) is 3.